The molecule has 200 valence electrons. The first-order chi connectivity index (χ1) is 18.8. The monoisotopic (exact) mass is 534 g/mol. The van der Waals surface area contributed by atoms with Gasteiger partial charge < -0.3 is 19.5 Å². The van der Waals surface area contributed by atoms with Gasteiger partial charge in [0.25, 0.3) is 5.92 Å². The van der Waals surface area contributed by atoms with Gasteiger partial charge in [0.15, 0.2) is 23.3 Å². The minimum absolute atomic E-state index is 0.0720. The van der Waals surface area contributed by atoms with Crippen molar-refractivity contribution in [1.82, 2.24) is 34.4 Å². The van der Waals surface area contributed by atoms with Crippen molar-refractivity contribution >= 4 is 28.1 Å². The van der Waals surface area contributed by atoms with E-state index in [9.17, 15) is 8.78 Å². The van der Waals surface area contributed by atoms with E-state index in [1.165, 1.54) is 35.5 Å². The number of methoxy groups -OCH3 is 1. The zero-order chi connectivity index (χ0) is 27.1. The van der Waals surface area contributed by atoms with Crippen LogP contribution in [-0.2, 0) is 0 Å². The lowest BCUT2D eigenvalue weighted by atomic mass is 10.1. The number of ether oxygens (including phenoxy) is 3. The van der Waals surface area contributed by atoms with Crippen molar-refractivity contribution in [3.05, 3.63) is 60.9 Å². The molecule has 4 heterocycles. The van der Waals surface area contributed by atoms with Crippen LogP contribution >= 0.6 is 0 Å². The van der Waals surface area contributed by atoms with Gasteiger partial charge in [0, 0.05) is 18.3 Å². The second kappa shape index (κ2) is 9.58. The van der Waals surface area contributed by atoms with Crippen LogP contribution in [0.15, 0.2) is 55.4 Å². The maximum absolute atomic E-state index is 14.6. The number of hydrogen-bond acceptors (Lipinski definition) is 10. The highest BCUT2D eigenvalue weighted by atomic mass is 19.3. The third-order valence-corrected chi connectivity index (χ3v) is 6.43. The molecule has 1 aliphatic heterocycles. The molecule has 1 N–H and O–H groups in total. The molecule has 1 atom stereocenters. The van der Waals surface area contributed by atoms with Gasteiger partial charge in [-0.3, -0.25) is 4.90 Å². The van der Waals surface area contributed by atoms with Crippen LogP contribution in [0.2, 0.25) is 0 Å². The van der Waals surface area contributed by atoms with E-state index >= 15 is 0 Å². The highest BCUT2D eigenvalue weighted by Crippen LogP contribution is 2.42. The summed E-state index contributed by atoms with van der Waals surface area (Å²) in [4.78, 5) is 18.6. The number of hydrogen-bond donors (Lipinski definition) is 1. The fourth-order valence-corrected chi connectivity index (χ4v) is 4.54. The largest absolute Gasteiger partial charge is 0.493 e. The molecule has 1 unspecified atom stereocenters. The SMILES string of the molecule is COc1ccc2ncnc(Nc3ccc(Oc4cc5ncnn5cn4)c(C)c3)c2c1OC1CN(C)CC1(F)F. The fourth-order valence-electron chi connectivity index (χ4n) is 4.54. The fraction of sp³-hybridized carbons (Fsp3) is 0.269. The predicted molar refractivity (Wildman–Crippen MR) is 138 cm³/mol. The van der Waals surface area contributed by atoms with E-state index in [2.05, 4.69) is 30.4 Å². The molecule has 0 saturated carbocycles. The lowest BCUT2D eigenvalue weighted by Gasteiger charge is -2.22. The van der Waals surface area contributed by atoms with Gasteiger partial charge in [0.05, 0.1) is 24.6 Å². The Labute approximate surface area is 221 Å². The van der Waals surface area contributed by atoms with E-state index in [0.717, 1.165) is 5.56 Å². The number of aromatic nitrogens is 6. The number of fused-ring (bicyclic) bond motifs is 2. The summed E-state index contributed by atoms with van der Waals surface area (Å²) in [5.74, 6) is -1.19. The van der Waals surface area contributed by atoms with Crippen LogP contribution in [-0.4, -0.2) is 73.7 Å². The summed E-state index contributed by atoms with van der Waals surface area (Å²) in [6.45, 7) is 1.58. The molecule has 0 bridgehead atoms. The quantitative estimate of drug-likeness (QED) is 0.325. The van der Waals surface area contributed by atoms with Crippen molar-refractivity contribution in [3.63, 3.8) is 0 Å². The third kappa shape index (κ3) is 4.72. The van der Waals surface area contributed by atoms with Gasteiger partial charge in [-0.05, 0) is 49.9 Å². The summed E-state index contributed by atoms with van der Waals surface area (Å²) in [6.07, 6.45) is 3.01. The molecule has 1 saturated heterocycles. The first-order valence-corrected chi connectivity index (χ1v) is 12.1. The molecular weight excluding hydrogens is 510 g/mol. The molecule has 0 radical (unpaired) electrons. The first-order valence-electron chi connectivity index (χ1n) is 12.1. The molecule has 39 heavy (non-hydrogen) atoms. The number of benzene rings is 2. The summed E-state index contributed by atoms with van der Waals surface area (Å²) in [5, 5.41) is 7.73. The Bertz CT molecular complexity index is 1680. The Morgan fingerprint density at radius 3 is 2.64 bits per heavy atom. The number of aryl methyl sites for hydroxylation is 1. The van der Waals surface area contributed by atoms with E-state index in [-0.39, 0.29) is 18.8 Å². The zero-order valence-electron chi connectivity index (χ0n) is 21.3. The van der Waals surface area contributed by atoms with Gasteiger partial charge in [0.2, 0.25) is 5.88 Å². The maximum Gasteiger partial charge on any atom is 0.297 e. The van der Waals surface area contributed by atoms with E-state index < -0.39 is 12.0 Å². The predicted octanol–water partition coefficient (Wildman–Crippen LogP) is 4.25. The lowest BCUT2D eigenvalue weighted by Crippen LogP contribution is -2.36. The standard InChI is InChI=1S/C26H24F2N8O3/c1-15-8-16(4-6-18(15)38-22-9-21-30-13-33-36(21)14-32-22)34-25-23-17(29-12-31-25)5-7-19(37-3)24(23)39-20-10-35(2)11-26(20,27)28/h4-9,12-14,20H,10-11H2,1-3H3,(H,29,31,34). The van der Waals surface area contributed by atoms with Crippen molar-refractivity contribution in [2.24, 2.45) is 0 Å². The molecule has 0 amide bonds. The van der Waals surface area contributed by atoms with Crippen molar-refractivity contribution in [2.75, 3.05) is 32.6 Å². The van der Waals surface area contributed by atoms with Crippen LogP contribution in [0.3, 0.4) is 0 Å². The Morgan fingerprint density at radius 2 is 1.87 bits per heavy atom. The van der Waals surface area contributed by atoms with Crippen molar-refractivity contribution in [3.8, 4) is 23.1 Å². The van der Waals surface area contributed by atoms with E-state index in [1.54, 1.807) is 31.3 Å². The molecule has 3 aromatic heterocycles. The number of anilines is 2. The van der Waals surface area contributed by atoms with E-state index in [4.69, 9.17) is 14.2 Å². The topological polar surface area (TPSA) is 112 Å². The Balaban J connectivity index is 1.31. The summed E-state index contributed by atoms with van der Waals surface area (Å²) in [5.41, 5.74) is 2.65. The van der Waals surface area contributed by atoms with Crippen LogP contribution in [0.1, 0.15) is 5.56 Å². The smallest absolute Gasteiger partial charge is 0.297 e. The molecular formula is C26H24F2N8O3. The van der Waals surface area contributed by atoms with E-state index in [1.807, 2.05) is 19.1 Å². The van der Waals surface area contributed by atoms with Crippen LogP contribution < -0.4 is 19.5 Å². The second-order valence-corrected chi connectivity index (χ2v) is 9.27. The number of likely N-dealkylation sites (tertiary alicyclic amines) is 1. The average molecular weight is 535 g/mol. The van der Waals surface area contributed by atoms with Gasteiger partial charge in [-0.15, -0.1) is 0 Å². The Kier molecular flexibility index (Phi) is 6.06. The third-order valence-electron chi connectivity index (χ3n) is 6.43. The van der Waals surface area contributed by atoms with Crippen LogP contribution in [0.4, 0.5) is 20.3 Å². The summed E-state index contributed by atoms with van der Waals surface area (Å²) < 4.78 is 48.2. The minimum Gasteiger partial charge on any atom is -0.493 e. The normalized spacial score (nSPS) is 17.0. The number of rotatable bonds is 7. The highest BCUT2D eigenvalue weighted by Gasteiger charge is 2.49. The average Bonchev–Trinajstić information content (AvgIpc) is 3.47. The van der Waals surface area contributed by atoms with Gasteiger partial charge >= 0.3 is 0 Å². The number of nitrogens with zero attached hydrogens (tertiary/aromatic N) is 7. The van der Waals surface area contributed by atoms with Gasteiger partial charge in [0.1, 0.15) is 30.5 Å². The van der Waals surface area contributed by atoms with Crippen LogP contribution in [0, 0.1) is 6.92 Å². The molecule has 6 rings (SSSR count). The van der Waals surface area contributed by atoms with Gasteiger partial charge in [-0.1, -0.05) is 0 Å². The van der Waals surface area contributed by atoms with Gasteiger partial charge in [-0.2, -0.15) is 5.10 Å². The van der Waals surface area contributed by atoms with Crippen LogP contribution in [0.5, 0.6) is 23.1 Å². The number of halogens is 2. The second-order valence-electron chi connectivity index (χ2n) is 9.27. The molecule has 1 fully saturated rings. The molecule has 11 nitrogen and oxygen atoms in total. The Hall–Kier alpha value is -4.65. The molecule has 0 aliphatic carbocycles. The highest BCUT2D eigenvalue weighted by molar-refractivity contribution is 5.97. The minimum atomic E-state index is -3.02. The summed E-state index contributed by atoms with van der Waals surface area (Å²) in [7, 11) is 3.09. The van der Waals surface area contributed by atoms with Gasteiger partial charge in [-0.25, -0.2) is 33.2 Å². The van der Waals surface area contributed by atoms with E-state index in [0.29, 0.717) is 45.4 Å². The molecule has 2 aromatic carbocycles. The van der Waals surface area contributed by atoms with Crippen molar-refractivity contribution in [1.29, 1.82) is 0 Å². The first kappa shape index (κ1) is 24.7. The summed E-state index contributed by atoms with van der Waals surface area (Å²) in [6, 6.07) is 10.5. The molecule has 1 aliphatic rings. The Morgan fingerprint density at radius 1 is 1.03 bits per heavy atom. The van der Waals surface area contributed by atoms with Crippen molar-refractivity contribution in [2.45, 2.75) is 19.0 Å². The summed E-state index contributed by atoms with van der Waals surface area (Å²) >= 11 is 0. The number of likely N-dealkylation sites (N-methyl/N-ethyl adjacent to an activating group) is 1. The molecule has 13 heteroatoms. The van der Waals surface area contributed by atoms with Crippen LogP contribution in [0.25, 0.3) is 16.6 Å². The molecule has 0 spiro atoms. The lowest BCUT2D eigenvalue weighted by molar-refractivity contribution is -0.0616. The van der Waals surface area contributed by atoms with Crippen molar-refractivity contribution < 1.29 is 23.0 Å². The number of alkyl halides is 2. The maximum atomic E-state index is 14.6. The molecule has 5 aromatic rings. The zero-order valence-corrected chi connectivity index (χ0v) is 21.3. The number of nitrogens with one attached hydrogen (secondary N) is 1.